The molecule has 2 heterocycles. The lowest BCUT2D eigenvalue weighted by Gasteiger charge is -2.35. The summed E-state index contributed by atoms with van der Waals surface area (Å²) in [5.41, 5.74) is 0.744. The Balaban J connectivity index is 0.00000208. The van der Waals surface area contributed by atoms with E-state index in [1.165, 1.54) is 11.3 Å². The van der Waals surface area contributed by atoms with E-state index >= 15 is 0 Å². The molecule has 24 heavy (non-hydrogen) atoms. The fourth-order valence-electron chi connectivity index (χ4n) is 2.86. The Kier molecular flexibility index (Phi) is 7.25. The molecule has 132 valence electrons. The zero-order valence-electron chi connectivity index (χ0n) is 12.8. The fraction of sp³-hybridized carbons (Fsp3) is 0.375. The topological polar surface area (TPSA) is 24.5 Å². The molecule has 0 spiro atoms. The summed E-state index contributed by atoms with van der Waals surface area (Å²) < 4.78 is 30.9. The van der Waals surface area contributed by atoms with Crippen molar-refractivity contribution in [3.63, 3.8) is 0 Å². The number of thiophene rings is 1. The van der Waals surface area contributed by atoms with E-state index in [2.05, 4.69) is 10.2 Å². The van der Waals surface area contributed by atoms with Gasteiger partial charge in [-0.3, -0.25) is 4.90 Å². The number of hydrogen-bond donors (Lipinski definition) is 1. The lowest BCUT2D eigenvalue weighted by Crippen LogP contribution is -2.45. The maximum atomic E-state index is 12.7. The SMILES string of the molecule is Cl.FC(F)Oc1ccccc1[C@@H](c1ccc(Cl)s1)N1CCNCC1. The van der Waals surface area contributed by atoms with Crippen molar-refractivity contribution in [2.45, 2.75) is 12.7 Å². The van der Waals surface area contributed by atoms with Gasteiger partial charge in [-0.1, -0.05) is 29.8 Å². The predicted molar refractivity (Wildman–Crippen MR) is 95.9 cm³/mol. The van der Waals surface area contributed by atoms with Gasteiger partial charge < -0.3 is 10.1 Å². The number of ether oxygens (including phenoxy) is 1. The third-order valence-corrected chi connectivity index (χ3v) is 5.09. The number of nitrogens with one attached hydrogen (secondary N) is 1. The minimum absolute atomic E-state index is 0. The Morgan fingerprint density at radius 1 is 1.12 bits per heavy atom. The molecule has 0 amide bonds. The van der Waals surface area contributed by atoms with Crippen LogP contribution in [0.2, 0.25) is 4.34 Å². The van der Waals surface area contributed by atoms with Crippen LogP contribution in [0.15, 0.2) is 36.4 Å². The predicted octanol–water partition coefficient (Wildman–Crippen LogP) is 4.42. The molecular weight excluding hydrogens is 377 g/mol. The maximum absolute atomic E-state index is 12.7. The highest BCUT2D eigenvalue weighted by Gasteiger charge is 2.28. The van der Waals surface area contributed by atoms with Crippen molar-refractivity contribution in [1.29, 1.82) is 0 Å². The number of hydrogen-bond acceptors (Lipinski definition) is 4. The molecule has 1 atom stereocenters. The first-order chi connectivity index (χ1) is 11.1. The van der Waals surface area contributed by atoms with Crippen molar-refractivity contribution < 1.29 is 13.5 Å². The molecule has 0 radical (unpaired) electrons. The minimum Gasteiger partial charge on any atom is -0.434 e. The molecular formula is C16H18Cl2F2N2OS. The van der Waals surface area contributed by atoms with Crippen LogP contribution < -0.4 is 10.1 Å². The first-order valence-corrected chi connectivity index (χ1v) is 8.58. The summed E-state index contributed by atoms with van der Waals surface area (Å²) in [4.78, 5) is 3.30. The molecule has 0 aliphatic carbocycles. The van der Waals surface area contributed by atoms with E-state index in [9.17, 15) is 8.78 Å². The smallest absolute Gasteiger partial charge is 0.387 e. The average molecular weight is 395 g/mol. The molecule has 3 nitrogen and oxygen atoms in total. The number of benzene rings is 1. The highest BCUT2D eigenvalue weighted by Crippen LogP contribution is 2.39. The summed E-state index contributed by atoms with van der Waals surface area (Å²) in [6.07, 6.45) is 0. The number of piperazine rings is 1. The van der Waals surface area contributed by atoms with Gasteiger partial charge in [-0.2, -0.15) is 8.78 Å². The van der Waals surface area contributed by atoms with Gasteiger partial charge in [-0.25, -0.2) is 0 Å². The quantitative estimate of drug-likeness (QED) is 0.811. The van der Waals surface area contributed by atoms with Gasteiger partial charge in [-0.05, 0) is 18.2 Å². The molecule has 0 unspecified atom stereocenters. The molecule has 0 bridgehead atoms. The second-order valence-corrected chi connectivity index (χ2v) is 6.99. The van der Waals surface area contributed by atoms with E-state index in [0.29, 0.717) is 4.34 Å². The van der Waals surface area contributed by atoms with E-state index in [1.807, 2.05) is 24.3 Å². The number of rotatable bonds is 5. The van der Waals surface area contributed by atoms with Gasteiger partial charge in [0.05, 0.1) is 10.4 Å². The lowest BCUT2D eigenvalue weighted by molar-refractivity contribution is -0.0510. The van der Waals surface area contributed by atoms with Crippen LogP contribution in [0.1, 0.15) is 16.5 Å². The van der Waals surface area contributed by atoms with E-state index in [-0.39, 0.29) is 24.2 Å². The van der Waals surface area contributed by atoms with Gasteiger partial charge >= 0.3 is 6.61 Å². The Morgan fingerprint density at radius 3 is 2.46 bits per heavy atom. The first kappa shape index (κ1) is 19.4. The van der Waals surface area contributed by atoms with Crippen LogP contribution in [0.3, 0.4) is 0 Å². The van der Waals surface area contributed by atoms with Crippen LogP contribution in [0.25, 0.3) is 0 Å². The first-order valence-electron chi connectivity index (χ1n) is 7.39. The van der Waals surface area contributed by atoms with E-state index in [4.69, 9.17) is 16.3 Å². The monoisotopic (exact) mass is 394 g/mol. The number of alkyl halides is 2. The van der Waals surface area contributed by atoms with Gasteiger partial charge in [-0.15, -0.1) is 23.7 Å². The van der Waals surface area contributed by atoms with Gasteiger partial charge in [0.2, 0.25) is 0 Å². The van der Waals surface area contributed by atoms with Crippen molar-refractivity contribution in [3.8, 4) is 5.75 Å². The molecule has 1 saturated heterocycles. The lowest BCUT2D eigenvalue weighted by atomic mass is 10.0. The van der Waals surface area contributed by atoms with Gasteiger partial charge in [0, 0.05) is 36.6 Å². The fourth-order valence-corrected chi connectivity index (χ4v) is 4.07. The Morgan fingerprint density at radius 2 is 1.83 bits per heavy atom. The molecule has 3 rings (SSSR count). The highest BCUT2D eigenvalue weighted by atomic mass is 35.5. The van der Waals surface area contributed by atoms with Gasteiger partial charge in [0.25, 0.3) is 0 Å². The van der Waals surface area contributed by atoms with Crippen LogP contribution in [0, 0.1) is 0 Å². The zero-order valence-corrected chi connectivity index (χ0v) is 15.1. The van der Waals surface area contributed by atoms with Crippen molar-refractivity contribution in [1.82, 2.24) is 10.2 Å². The molecule has 8 heteroatoms. The van der Waals surface area contributed by atoms with Crippen molar-refractivity contribution in [2.24, 2.45) is 0 Å². The summed E-state index contributed by atoms with van der Waals surface area (Å²) in [6.45, 7) is 0.569. The standard InChI is InChI=1S/C16H17ClF2N2OS.ClH/c17-14-6-5-13(23-14)15(21-9-7-20-8-10-21)11-3-1-2-4-12(11)22-16(18)19;/h1-6,15-16,20H,7-10H2;1H/t15-;/m0./s1. The highest BCUT2D eigenvalue weighted by molar-refractivity contribution is 7.16. The average Bonchev–Trinajstić information content (AvgIpc) is 2.96. The summed E-state index contributed by atoms with van der Waals surface area (Å²) >= 11 is 7.56. The zero-order chi connectivity index (χ0) is 16.2. The summed E-state index contributed by atoms with van der Waals surface area (Å²) in [5.74, 6) is 0.218. The summed E-state index contributed by atoms with van der Waals surface area (Å²) in [5, 5.41) is 3.31. The normalized spacial score (nSPS) is 16.7. The Hall–Kier alpha value is -0.920. The Bertz CT molecular complexity index is 651. The molecule has 2 aromatic rings. The van der Waals surface area contributed by atoms with Gasteiger partial charge in [0.1, 0.15) is 5.75 Å². The molecule has 1 aliphatic rings. The molecule has 1 aromatic heterocycles. The van der Waals surface area contributed by atoms with Crippen LogP contribution in [0.5, 0.6) is 5.75 Å². The molecule has 1 aliphatic heterocycles. The maximum Gasteiger partial charge on any atom is 0.387 e. The van der Waals surface area contributed by atoms with Crippen LogP contribution >= 0.6 is 35.3 Å². The van der Waals surface area contributed by atoms with E-state index < -0.39 is 6.61 Å². The van der Waals surface area contributed by atoms with E-state index in [0.717, 1.165) is 36.6 Å². The number of halogens is 4. The largest absolute Gasteiger partial charge is 0.434 e. The second kappa shape index (κ2) is 8.97. The van der Waals surface area contributed by atoms with Crippen LogP contribution in [-0.2, 0) is 0 Å². The van der Waals surface area contributed by atoms with Crippen molar-refractivity contribution >= 4 is 35.3 Å². The van der Waals surface area contributed by atoms with Crippen LogP contribution in [0.4, 0.5) is 8.78 Å². The summed E-state index contributed by atoms with van der Waals surface area (Å²) in [6, 6.07) is 10.6. The minimum atomic E-state index is -2.84. The number of para-hydroxylation sites is 1. The van der Waals surface area contributed by atoms with Crippen molar-refractivity contribution in [3.05, 3.63) is 51.2 Å². The van der Waals surface area contributed by atoms with Gasteiger partial charge in [0.15, 0.2) is 0 Å². The second-order valence-electron chi connectivity index (χ2n) is 5.25. The number of nitrogens with zero attached hydrogens (tertiary/aromatic N) is 1. The Labute approximate surface area is 155 Å². The molecule has 1 fully saturated rings. The van der Waals surface area contributed by atoms with E-state index in [1.54, 1.807) is 12.1 Å². The van der Waals surface area contributed by atoms with Crippen LogP contribution in [-0.4, -0.2) is 37.7 Å². The molecule has 1 aromatic carbocycles. The van der Waals surface area contributed by atoms with Crippen molar-refractivity contribution in [2.75, 3.05) is 26.2 Å². The third kappa shape index (κ3) is 4.58. The molecule has 0 saturated carbocycles. The summed E-state index contributed by atoms with van der Waals surface area (Å²) in [7, 11) is 0. The third-order valence-electron chi connectivity index (χ3n) is 3.81. The molecule has 1 N–H and O–H groups in total.